The standard InChI is InChI=1S/C11H27P3/c1-11(8-12(2)3,9-13(4)5)10-14(6)7/h8-10H2,1-7H3. The van der Waals surface area contributed by atoms with Crippen LogP contribution >= 0.6 is 23.8 Å². The van der Waals surface area contributed by atoms with Crippen LogP contribution in [0.3, 0.4) is 0 Å². The van der Waals surface area contributed by atoms with Gasteiger partial charge in [0.25, 0.3) is 0 Å². The summed E-state index contributed by atoms with van der Waals surface area (Å²) < 4.78 is 0. The second-order valence-corrected chi connectivity index (χ2v) is 13.0. The van der Waals surface area contributed by atoms with Crippen LogP contribution in [0.2, 0.25) is 0 Å². The smallest absolute Gasteiger partial charge is 0.0209 e. The lowest BCUT2D eigenvalue weighted by Gasteiger charge is -2.35. The molecule has 0 aliphatic carbocycles. The quantitative estimate of drug-likeness (QED) is 0.621. The monoisotopic (exact) mass is 252 g/mol. The molecule has 3 heteroatoms. The van der Waals surface area contributed by atoms with Crippen LogP contribution in [0.5, 0.6) is 0 Å². The van der Waals surface area contributed by atoms with Gasteiger partial charge in [-0.15, -0.1) is 23.8 Å². The first-order chi connectivity index (χ1) is 6.25. The lowest BCUT2D eigenvalue weighted by atomic mass is 9.99. The van der Waals surface area contributed by atoms with Gasteiger partial charge in [-0.2, -0.15) is 0 Å². The van der Waals surface area contributed by atoms with Gasteiger partial charge in [-0.05, 0) is 63.9 Å². The van der Waals surface area contributed by atoms with Gasteiger partial charge in [-0.1, -0.05) is 6.92 Å². The summed E-state index contributed by atoms with van der Waals surface area (Å²) in [6.45, 7) is 17.1. The van der Waals surface area contributed by atoms with Crippen LogP contribution in [-0.4, -0.2) is 58.5 Å². The van der Waals surface area contributed by atoms with Gasteiger partial charge in [0.05, 0.1) is 0 Å². The third-order valence-electron chi connectivity index (χ3n) is 2.09. The second-order valence-electron chi connectivity index (χ2n) is 5.52. The molecule has 0 aliphatic rings. The maximum Gasteiger partial charge on any atom is -0.0209 e. The molecule has 0 saturated carbocycles. The van der Waals surface area contributed by atoms with Crippen LogP contribution in [-0.2, 0) is 0 Å². The highest BCUT2D eigenvalue weighted by molar-refractivity contribution is 7.58. The van der Waals surface area contributed by atoms with Crippen LogP contribution in [0.4, 0.5) is 0 Å². The maximum atomic E-state index is 2.53. The molecule has 86 valence electrons. The SMILES string of the molecule is CP(C)CC(C)(CP(C)C)CP(C)C. The number of rotatable bonds is 6. The molecule has 0 fully saturated rings. The predicted octanol–water partition coefficient (Wildman–Crippen LogP) is 4.22. The predicted molar refractivity (Wildman–Crippen MR) is 79.0 cm³/mol. The van der Waals surface area contributed by atoms with Crippen LogP contribution < -0.4 is 0 Å². The fraction of sp³-hybridized carbons (Fsp3) is 1.00. The molecule has 0 heterocycles. The van der Waals surface area contributed by atoms with E-state index in [-0.39, 0.29) is 23.8 Å². The zero-order valence-corrected chi connectivity index (χ0v) is 13.6. The average molecular weight is 252 g/mol. The van der Waals surface area contributed by atoms with Crippen LogP contribution in [0.15, 0.2) is 0 Å². The van der Waals surface area contributed by atoms with Crippen LogP contribution in [0.1, 0.15) is 6.92 Å². The Bertz CT molecular complexity index is 126. The molecule has 0 spiro atoms. The summed E-state index contributed by atoms with van der Waals surface area (Å²) in [5.74, 6) is 0. The zero-order valence-electron chi connectivity index (χ0n) is 11.0. The van der Waals surface area contributed by atoms with E-state index in [1.54, 1.807) is 0 Å². The molecule has 0 radical (unpaired) electrons. The van der Waals surface area contributed by atoms with Crippen molar-refractivity contribution in [3.8, 4) is 0 Å². The molecule has 0 amide bonds. The molecule has 0 saturated heterocycles. The van der Waals surface area contributed by atoms with E-state index < -0.39 is 0 Å². The van der Waals surface area contributed by atoms with E-state index in [0.717, 1.165) is 0 Å². The molecule has 0 N–H and O–H groups in total. The van der Waals surface area contributed by atoms with E-state index in [1.807, 2.05) is 0 Å². The van der Waals surface area contributed by atoms with Crippen molar-refractivity contribution in [2.24, 2.45) is 5.41 Å². The Morgan fingerprint density at radius 3 is 1.00 bits per heavy atom. The molecule has 0 rings (SSSR count). The normalized spacial score (nSPS) is 13.3. The summed E-state index contributed by atoms with van der Waals surface area (Å²) >= 11 is 0. The molecule has 0 aromatic carbocycles. The van der Waals surface area contributed by atoms with Crippen molar-refractivity contribution in [2.45, 2.75) is 6.92 Å². The molecular weight excluding hydrogens is 225 g/mol. The summed E-state index contributed by atoms with van der Waals surface area (Å²) in [7, 11) is 0.813. The Balaban J connectivity index is 4.32. The van der Waals surface area contributed by atoms with Gasteiger partial charge < -0.3 is 0 Å². The Morgan fingerprint density at radius 1 is 0.643 bits per heavy atom. The Morgan fingerprint density at radius 2 is 0.857 bits per heavy atom. The topological polar surface area (TPSA) is 0 Å². The summed E-state index contributed by atoms with van der Waals surface area (Å²) in [5, 5.41) is 0. The first-order valence-electron chi connectivity index (χ1n) is 5.19. The van der Waals surface area contributed by atoms with E-state index >= 15 is 0 Å². The summed E-state index contributed by atoms with van der Waals surface area (Å²) in [6, 6.07) is 0. The minimum Gasteiger partial charge on any atom is -0.113 e. The zero-order chi connectivity index (χ0) is 11.4. The van der Waals surface area contributed by atoms with Crippen molar-refractivity contribution in [1.29, 1.82) is 0 Å². The van der Waals surface area contributed by atoms with Gasteiger partial charge in [-0.3, -0.25) is 0 Å². The van der Waals surface area contributed by atoms with Gasteiger partial charge in [0.15, 0.2) is 0 Å². The van der Waals surface area contributed by atoms with E-state index in [2.05, 4.69) is 46.9 Å². The van der Waals surface area contributed by atoms with Crippen molar-refractivity contribution in [3.63, 3.8) is 0 Å². The first kappa shape index (κ1) is 15.3. The van der Waals surface area contributed by atoms with Crippen molar-refractivity contribution >= 4 is 23.8 Å². The van der Waals surface area contributed by atoms with Crippen molar-refractivity contribution in [2.75, 3.05) is 58.5 Å². The van der Waals surface area contributed by atoms with E-state index in [4.69, 9.17) is 0 Å². The molecule has 14 heavy (non-hydrogen) atoms. The Labute approximate surface area is 94.9 Å². The highest BCUT2D eigenvalue weighted by atomic mass is 31.1. The van der Waals surface area contributed by atoms with E-state index in [9.17, 15) is 0 Å². The minimum absolute atomic E-state index is 0.271. The van der Waals surface area contributed by atoms with Gasteiger partial charge in [0.2, 0.25) is 0 Å². The van der Waals surface area contributed by atoms with Crippen molar-refractivity contribution < 1.29 is 0 Å². The lowest BCUT2D eigenvalue weighted by Crippen LogP contribution is -2.27. The summed E-state index contributed by atoms with van der Waals surface area (Å²) in [4.78, 5) is 0. The van der Waals surface area contributed by atoms with E-state index in [0.29, 0.717) is 5.41 Å². The van der Waals surface area contributed by atoms with Gasteiger partial charge >= 0.3 is 0 Å². The average Bonchev–Trinajstić information content (AvgIpc) is 1.76. The largest absolute Gasteiger partial charge is 0.113 e. The molecule has 0 atom stereocenters. The Hall–Kier alpha value is 1.29. The third kappa shape index (κ3) is 7.56. The van der Waals surface area contributed by atoms with Gasteiger partial charge in [-0.25, -0.2) is 0 Å². The Kier molecular flexibility index (Phi) is 7.41. The van der Waals surface area contributed by atoms with Crippen molar-refractivity contribution in [3.05, 3.63) is 0 Å². The lowest BCUT2D eigenvalue weighted by molar-refractivity contribution is 0.494. The van der Waals surface area contributed by atoms with E-state index in [1.165, 1.54) is 18.5 Å². The van der Waals surface area contributed by atoms with Gasteiger partial charge in [0, 0.05) is 0 Å². The van der Waals surface area contributed by atoms with Crippen molar-refractivity contribution in [1.82, 2.24) is 0 Å². The second kappa shape index (κ2) is 6.78. The molecule has 0 aromatic heterocycles. The molecule has 0 unspecified atom stereocenters. The molecule has 0 aromatic rings. The van der Waals surface area contributed by atoms with Gasteiger partial charge in [0.1, 0.15) is 0 Å². The van der Waals surface area contributed by atoms with Crippen LogP contribution in [0, 0.1) is 5.41 Å². The maximum absolute atomic E-state index is 2.53. The molecule has 0 nitrogen and oxygen atoms in total. The van der Waals surface area contributed by atoms with Crippen LogP contribution in [0.25, 0.3) is 0 Å². The highest BCUT2D eigenvalue weighted by Gasteiger charge is 2.27. The minimum atomic E-state index is 0.271. The molecule has 0 bridgehead atoms. The number of hydrogen-bond acceptors (Lipinski definition) is 0. The third-order valence-corrected chi connectivity index (χ3v) is 6.28. The number of hydrogen-bond donors (Lipinski definition) is 0. The summed E-state index contributed by atoms with van der Waals surface area (Å²) in [6.07, 6.45) is 4.43. The first-order valence-corrected chi connectivity index (χ1v) is 12.5. The molecular formula is C11H27P3. The summed E-state index contributed by atoms with van der Waals surface area (Å²) in [5.41, 5.74) is 0.652. The fourth-order valence-corrected chi connectivity index (χ4v) is 8.22. The highest BCUT2D eigenvalue weighted by Crippen LogP contribution is 2.47. The fourth-order valence-electron chi connectivity index (χ4n) is 2.44. The molecule has 0 aliphatic heterocycles.